The number of rotatable bonds is 4. The monoisotopic (exact) mass is 240 g/mol. The molecule has 2 rings (SSSR count). The maximum absolute atomic E-state index is 11.6. The summed E-state index contributed by atoms with van der Waals surface area (Å²) >= 11 is 0. The fourth-order valence-corrected chi connectivity index (χ4v) is 1.79. The van der Waals surface area contributed by atoms with Crippen molar-refractivity contribution in [3.05, 3.63) is 54.6 Å². The van der Waals surface area contributed by atoms with Crippen LogP contribution in [0, 0.1) is 0 Å². The molecule has 0 unspecified atom stereocenters. The lowest BCUT2D eigenvalue weighted by molar-refractivity contribution is -0.134. The van der Waals surface area contributed by atoms with Crippen LogP contribution in [0.2, 0.25) is 0 Å². The Kier molecular flexibility index (Phi) is 4.13. The van der Waals surface area contributed by atoms with Gasteiger partial charge in [-0.3, -0.25) is 4.79 Å². The van der Waals surface area contributed by atoms with Gasteiger partial charge in [0.25, 0.3) is 0 Å². The lowest BCUT2D eigenvalue weighted by atomic mass is 10.1. The fraction of sp³-hybridized carbons (Fsp3) is 0.188. The van der Waals surface area contributed by atoms with Crippen molar-refractivity contribution in [2.75, 3.05) is 0 Å². The summed E-state index contributed by atoms with van der Waals surface area (Å²) in [6.45, 7) is 1.96. The van der Waals surface area contributed by atoms with Crippen LogP contribution in [0.1, 0.15) is 19.8 Å². The molecule has 2 aromatic rings. The van der Waals surface area contributed by atoms with E-state index in [1.165, 1.54) is 0 Å². The van der Waals surface area contributed by atoms with Crippen molar-refractivity contribution in [3.8, 4) is 16.9 Å². The zero-order valence-electron chi connectivity index (χ0n) is 10.4. The molecular formula is C16H16O2. The largest absolute Gasteiger partial charge is 0.426 e. The third-order valence-electron chi connectivity index (χ3n) is 2.65. The second-order valence-corrected chi connectivity index (χ2v) is 4.09. The van der Waals surface area contributed by atoms with Crippen LogP contribution in [0.3, 0.4) is 0 Å². The van der Waals surface area contributed by atoms with E-state index in [2.05, 4.69) is 0 Å². The number of hydrogen-bond acceptors (Lipinski definition) is 2. The molecule has 0 fully saturated rings. The molecule has 2 nitrogen and oxygen atoms in total. The van der Waals surface area contributed by atoms with Crippen LogP contribution in [0.25, 0.3) is 11.1 Å². The summed E-state index contributed by atoms with van der Waals surface area (Å²) in [4.78, 5) is 11.6. The molecule has 18 heavy (non-hydrogen) atoms. The first-order valence-corrected chi connectivity index (χ1v) is 6.16. The fourth-order valence-electron chi connectivity index (χ4n) is 1.79. The number of benzene rings is 2. The van der Waals surface area contributed by atoms with Gasteiger partial charge in [-0.1, -0.05) is 55.5 Å². The molecule has 0 saturated carbocycles. The molecule has 0 amide bonds. The standard InChI is InChI=1S/C16H16O2/c1-2-8-16(17)18-15-12-7-6-11-14(15)13-9-4-3-5-10-13/h3-7,9-12H,2,8H2,1H3. The van der Waals surface area contributed by atoms with Crippen molar-refractivity contribution in [1.29, 1.82) is 0 Å². The Bertz CT molecular complexity index is 518. The van der Waals surface area contributed by atoms with Crippen molar-refractivity contribution in [2.24, 2.45) is 0 Å². The molecule has 0 spiro atoms. The molecule has 2 aromatic carbocycles. The van der Waals surface area contributed by atoms with Crippen molar-refractivity contribution < 1.29 is 9.53 Å². The normalized spacial score (nSPS) is 10.1. The first kappa shape index (κ1) is 12.4. The van der Waals surface area contributed by atoms with Gasteiger partial charge in [0.05, 0.1) is 0 Å². The van der Waals surface area contributed by atoms with E-state index in [9.17, 15) is 4.79 Å². The summed E-state index contributed by atoms with van der Waals surface area (Å²) in [5.74, 6) is 0.447. The highest BCUT2D eigenvalue weighted by atomic mass is 16.5. The van der Waals surface area contributed by atoms with E-state index in [0.717, 1.165) is 17.5 Å². The van der Waals surface area contributed by atoms with Crippen LogP contribution in [-0.2, 0) is 4.79 Å². The van der Waals surface area contributed by atoms with Crippen molar-refractivity contribution in [3.63, 3.8) is 0 Å². The number of esters is 1. The van der Waals surface area contributed by atoms with Crippen LogP contribution in [0.5, 0.6) is 5.75 Å². The summed E-state index contributed by atoms with van der Waals surface area (Å²) in [7, 11) is 0. The Morgan fingerprint density at radius 3 is 2.39 bits per heavy atom. The van der Waals surface area contributed by atoms with Gasteiger partial charge in [-0.05, 0) is 18.1 Å². The van der Waals surface area contributed by atoms with Gasteiger partial charge < -0.3 is 4.74 Å². The number of carbonyl (C=O) groups is 1. The van der Waals surface area contributed by atoms with Crippen molar-refractivity contribution >= 4 is 5.97 Å². The molecule has 0 aliphatic heterocycles. The Morgan fingerprint density at radius 2 is 1.67 bits per heavy atom. The Balaban J connectivity index is 2.29. The van der Waals surface area contributed by atoms with Gasteiger partial charge in [0.15, 0.2) is 0 Å². The summed E-state index contributed by atoms with van der Waals surface area (Å²) in [5, 5.41) is 0. The smallest absolute Gasteiger partial charge is 0.311 e. The molecule has 0 radical (unpaired) electrons. The maximum atomic E-state index is 11.6. The minimum atomic E-state index is -0.180. The average Bonchev–Trinajstić information content (AvgIpc) is 2.40. The lowest BCUT2D eigenvalue weighted by Gasteiger charge is -2.09. The Morgan fingerprint density at radius 1 is 1.00 bits per heavy atom. The minimum absolute atomic E-state index is 0.180. The summed E-state index contributed by atoms with van der Waals surface area (Å²) in [6, 6.07) is 17.5. The van der Waals surface area contributed by atoms with Crippen molar-refractivity contribution in [1.82, 2.24) is 0 Å². The quantitative estimate of drug-likeness (QED) is 0.595. The van der Waals surface area contributed by atoms with E-state index in [4.69, 9.17) is 4.74 Å². The molecule has 0 saturated heterocycles. The third kappa shape index (κ3) is 2.98. The molecule has 0 N–H and O–H groups in total. The highest BCUT2D eigenvalue weighted by Gasteiger charge is 2.09. The van der Waals surface area contributed by atoms with Crippen LogP contribution in [0.4, 0.5) is 0 Å². The maximum Gasteiger partial charge on any atom is 0.311 e. The van der Waals surface area contributed by atoms with E-state index in [0.29, 0.717) is 12.2 Å². The molecule has 0 aliphatic rings. The Hall–Kier alpha value is -2.09. The topological polar surface area (TPSA) is 26.3 Å². The highest BCUT2D eigenvalue weighted by molar-refractivity contribution is 5.77. The molecule has 0 heterocycles. The van der Waals surface area contributed by atoms with E-state index < -0.39 is 0 Å². The summed E-state index contributed by atoms with van der Waals surface area (Å²) < 4.78 is 5.40. The Labute approximate surface area is 107 Å². The van der Waals surface area contributed by atoms with Crippen molar-refractivity contribution in [2.45, 2.75) is 19.8 Å². The average molecular weight is 240 g/mol. The zero-order valence-corrected chi connectivity index (χ0v) is 10.4. The lowest BCUT2D eigenvalue weighted by Crippen LogP contribution is -2.07. The van der Waals surface area contributed by atoms with Gasteiger partial charge in [0, 0.05) is 12.0 Å². The number of carbonyl (C=O) groups excluding carboxylic acids is 1. The minimum Gasteiger partial charge on any atom is -0.426 e. The molecule has 0 atom stereocenters. The van der Waals surface area contributed by atoms with Crippen LogP contribution in [0.15, 0.2) is 54.6 Å². The van der Waals surface area contributed by atoms with Gasteiger partial charge in [-0.15, -0.1) is 0 Å². The molecule has 92 valence electrons. The van der Waals surface area contributed by atoms with Gasteiger partial charge in [-0.25, -0.2) is 0 Å². The highest BCUT2D eigenvalue weighted by Crippen LogP contribution is 2.29. The SMILES string of the molecule is CCCC(=O)Oc1ccccc1-c1ccccc1. The van der Waals surface area contributed by atoms with Gasteiger partial charge in [-0.2, -0.15) is 0 Å². The predicted octanol–water partition coefficient (Wildman–Crippen LogP) is 4.06. The predicted molar refractivity (Wildman–Crippen MR) is 72.4 cm³/mol. The van der Waals surface area contributed by atoms with E-state index >= 15 is 0 Å². The first-order chi connectivity index (χ1) is 8.81. The van der Waals surface area contributed by atoms with E-state index in [1.54, 1.807) is 0 Å². The molecular weight excluding hydrogens is 224 g/mol. The van der Waals surface area contributed by atoms with Gasteiger partial charge >= 0.3 is 5.97 Å². The number of para-hydroxylation sites is 1. The number of ether oxygens (including phenoxy) is 1. The second kappa shape index (κ2) is 6.01. The van der Waals surface area contributed by atoms with Gasteiger partial charge in [0.1, 0.15) is 5.75 Å². The zero-order chi connectivity index (χ0) is 12.8. The van der Waals surface area contributed by atoms with Crippen LogP contribution in [-0.4, -0.2) is 5.97 Å². The summed E-state index contributed by atoms with van der Waals surface area (Å²) in [6.07, 6.45) is 1.25. The molecule has 0 aromatic heterocycles. The molecule has 2 heteroatoms. The van der Waals surface area contributed by atoms with E-state index in [1.807, 2.05) is 61.5 Å². The summed E-state index contributed by atoms with van der Waals surface area (Å²) in [5.41, 5.74) is 2.00. The molecule has 0 bridgehead atoms. The van der Waals surface area contributed by atoms with Gasteiger partial charge in [0.2, 0.25) is 0 Å². The second-order valence-electron chi connectivity index (χ2n) is 4.09. The number of hydrogen-bond donors (Lipinski definition) is 0. The van der Waals surface area contributed by atoms with Crippen LogP contribution >= 0.6 is 0 Å². The first-order valence-electron chi connectivity index (χ1n) is 6.16. The van der Waals surface area contributed by atoms with Crippen LogP contribution < -0.4 is 4.74 Å². The van der Waals surface area contributed by atoms with E-state index in [-0.39, 0.29) is 5.97 Å². The third-order valence-corrected chi connectivity index (χ3v) is 2.65. The molecule has 0 aliphatic carbocycles.